The minimum absolute atomic E-state index is 0.866. The topological polar surface area (TPSA) is 20.5 Å². The third kappa shape index (κ3) is 1.53. The van der Waals surface area contributed by atoms with Crippen molar-refractivity contribution < 1.29 is 0 Å². The van der Waals surface area contributed by atoms with Crippen LogP contribution < -0.4 is 4.90 Å². The highest BCUT2D eigenvalue weighted by Gasteiger charge is 2.12. The van der Waals surface area contributed by atoms with Gasteiger partial charge in [-0.2, -0.15) is 0 Å². The average Bonchev–Trinajstić information content (AvgIpc) is 2.88. The van der Waals surface area contributed by atoms with E-state index in [1.54, 1.807) is 0 Å². The van der Waals surface area contributed by atoms with Gasteiger partial charge in [0.05, 0.1) is 11.7 Å². The van der Waals surface area contributed by atoms with Crippen molar-refractivity contribution in [1.82, 2.24) is 9.38 Å². The van der Waals surface area contributed by atoms with Gasteiger partial charge in [-0.05, 0) is 40.9 Å². The van der Waals surface area contributed by atoms with E-state index in [9.17, 15) is 0 Å². The third-order valence-corrected chi connectivity index (χ3v) is 3.53. The predicted molar refractivity (Wildman–Crippen MR) is 64.3 cm³/mol. The number of hydrogen-bond acceptors (Lipinski definition) is 2. The number of hydrogen-bond donors (Lipinski definition) is 0. The van der Waals surface area contributed by atoms with Crippen molar-refractivity contribution in [3.05, 3.63) is 29.3 Å². The summed E-state index contributed by atoms with van der Waals surface area (Å²) in [7, 11) is 0. The van der Waals surface area contributed by atoms with Crippen molar-refractivity contribution in [1.29, 1.82) is 0 Å². The lowest BCUT2D eigenvalue weighted by Crippen LogP contribution is -2.17. The van der Waals surface area contributed by atoms with E-state index in [2.05, 4.69) is 44.1 Å². The summed E-state index contributed by atoms with van der Waals surface area (Å²) in [6.45, 7) is 2.37. The van der Waals surface area contributed by atoms with E-state index in [0.29, 0.717) is 0 Å². The van der Waals surface area contributed by atoms with Gasteiger partial charge in [-0.15, -0.1) is 0 Å². The first kappa shape index (κ1) is 9.21. The molecule has 2 aromatic rings. The van der Waals surface area contributed by atoms with Crippen LogP contribution in [0.25, 0.3) is 5.52 Å². The van der Waals surface area contributed by atoms with E-state index in [-0.39, 0.29) is 0 Å². The van der Waals surface area contributed by atoms with Crippen LogP contribution in [0.1, 0.15) is 12.8 Å². The second-order valence-corrected chi connectivity index (χ2v) is 4.61. The third-order valence-electron chi connectivity index (χ3n) is 2.94. The SMILES string of the molecule is Brc1ncc2cc(N3CCCC3)ccn12. The molecule has 4 heteroatoms. The van der Waals surface area contributed by atoms with Crippen molar-refractivity contribution in [2.45, 2.75) is 12.8 Å². The monoisotopic (exact) mass is 265 g/mol. The molecule has 0 amide bonds. The van der Waals surface area contributed by atoms with Gasteiger partial charge in [0.15, 0.2) is 4.73 Å². The Kier molecular flexibility index (Phi) is 2.16. The molecule has 0 bridgehead atoms. The largest absolute Gasteiger partial charge is 0.371 e. The minimum atomic E-state index is 0.866. The molecule has 78 valence electrons. The van der Waals surface area contributed by atoms with E-state index in [4.69, 9.17) is 0 Å². The molecule has 1 aliphatic rings. The zero-order chi connectivity index (χ0) is 10.3. The maximum absolute atomic E-state index is 4.22. The van der Waals surface area contributed by atoms with Gasteiger partial charge >= 0.3 is 0 Å². The van der Waals surface area contributed by atoms with Gasteiger partial charge in [0.2, 0.25) is 0 Å². The lowest BCUT2D eigenvalue weighted by atomic mass is 10.3. The van der Waals surface area contributed by atoms with Gasteiger partial charge in [-0.1, -0.05) is 0 Å². The Morgan fingerprint density at radius 1 is 1.27 bits per heavy atom. The fourth-order valence-corrected chi connectivity index (χ4v) is 2.55. The van der Waals surface area contributed by atoms with Crippen molar-refractivity contribution in [3.8, 4) is 0 Å². The van der Waals surface area contributed by atoms with Crippen LogP contribution in [0.5, 0.6) is 0 Å². The molecule has 15 heavy (non-hydrogen) atoms. The first-order valence-corrected chi connectivity index (χ1v) is 6.01. The molecule has 3 heterocycles. The molecule has 0 N–H and O–H groups in total. The number of pyridine rings is 1. The smallest absolute Gasteiger partial charge is 0.181 e. The van der Waals surface area contributed by atoms with Gasteiger partial charge < -0.3 is 4.90 Å². The summed E-state index contributed by atoms with van der Waals surface area (Å²) in [6.07, 6.45) is 6.59. The lowest BCUT2D eigenvalue weighted by molar-refractivity contribution is 0.949. The molecule has 2 aromatic heterocycles. The minimum Gasteiger partial charge on any atom is -0.371 e. The van der Waals surface area contributed by atoms with E-state index < -0.39 is 0 Å². The van der Waals surface area contributed by atoms with E-state index in [0.717, 1.165) is 10.3 Å². The molecule has 0 unspecified atom stereocenters. The van der Waals surface area contributed by atoms with Crippen LogP contribution in [0.15, 0.2) is 29.3 Å². The van der Waals surface area contributed by atoms with Gasteiger partial charge in [-0.3, -0.25) is 4.40 Å². The summed E-state index contributed by atoms with van der Waals surface area (Å²) in [5.74, 6) is 0. The Labute approximate surface area is 96.9 Å². The molecule has 0 radical (unpaired) electrons. The Morgan fingerprint density at radius 3 is 2.87 bits per heavy atom. The second-order valence-electron chi connectivity index (χ2n) is 3.90. The summed E-state index contributed by atoms with van der Waals surface area (Å²) in [6, 6.07) is 4.35. The first-order chi connectivity index (χ1) is 7.34. The number of aromatic nitrogens is 2. The van der Waals surface area contributed by atoms with E-state index in [1.807, 2.05) is 10.6 Å². The molecule has 1 saturated heterocycles. The summed E-state index contributed by atoms with van der Waals surface area (Å²) in [4.78, 5) is 6.66. The maximum Gasteiger partial charge on any atom is 0.181 e. The molecule has 0 atom stereocenters. The van der Waals surface area contributed by atoms with Gasteiger partial charge in [0.25, 0.3) is 0 Å². The molecular weight excluding hydrogens is 254 g/mol. The molecular formula is C11H12BrN3. The highest BCUT2D eigenvalue weighted by Crippen LogP contribution is 2.23. The van der Waals surface area contributed by atoms with Crippen molar-refractivity contribution >= 4 is 27.1 Å². The summed E-state index contributed by atoms with van der Waals surface area (Å²) >= 11 is 3.41. The normalized spacial score (nSPS) is 16.5. The standard InChI is InChI=1S/C11H12BrN3/c12-11-13-8-10-7-9(3-6-15(10)11)14-4-1-2-5-14/h3,6-8H,1-2,4-5H2. The van der Waals surface area contributed by atoms with Crippen LogP contribution in [0, 0.1) is 0 Å². The Bertz CT molecular complexity index is 486. The van der Waals surface area contributed by atoms with Crippen LogP contribution in [-0.2, 0) is 0 Å². The fourth-order valence-electron chi connectivity index (χ4n) is 2.13. The zero-order valence-corrected chi connectivity index (χ0v) is 9.94. The van der Waals surface area contributed by atoms with Gasteiger partial charge in [0.1, 0.15) is 0 Å². The Hall–Kier alpha value is -1.03. The number of rotatable bonds is 1. The molecule has 0 saturated carbocycles. The molecule has 0 aliphatic carbocycles. The molecule has 1 aliphatic heterocycles. The molecule has 3 rings (SSSR count). The average molecular weight is 266 g/mol. The van der Waals surface area contributed by atoms with Crippen molar-refractivity contribution in [2.75, 3.05) is 18.0 Å². The molecule has 0 spiro atoms. The van der Waals surface area contributed by atoms with Crippen LogP contribution in [0.4, 0.5) is 5.69 Å². The fraction of sp³-hybridized carbons (Fsp3) is 0.364. The molecule has 0 aromatic carbocycles. The zero-order valence-electron chi connectivity index (χ0n) is 8.36. The number of nitrogens with zero attached hydrogens (tertiary/aromatic N) is 3. The van der Waals surface area contributed by atoms with Crippen LogP contribution >= 0.6 is 15.9 Å². The van der Waals surface area contributed by atoms with Crippen LogP contribution in [0.2, 0.25) is 0 Å². The quantitative estimate of drug-likeness (QED) is 0.791. The Morgan fingerprint density at radius 2 is 2.07 bits per heavy atom. The van der Waals surface area contributed by atoms with Crippen LogP contribution in [0.3, 0.4) is 0 Å². The number of anilines is 1. The second kappa shape index (κ2) is 3.52. The van der Waals surface area contributed by atoms with E-state index in [1.165, 1.54) is 31.6 Å². The summed E-state index contributed by atoms with van der Waals surface area (Å²) in [5, 5.41) is 0. The molecule has 1 fully saturated rings. The predicted octanol–water partition coefficient (Wildman–Crippen LogP) is 2.70. The highest BCUT2D eigenvalue weighted by molar-refractivity contribution is 9.10. The first-order valence-electron chi connectivity index (χ1n) is 5.22. The Balaban J connectivity index is 2.05. The molecule has 3 nitrogen and oxygen atoms in total. The summed E-state index contributed by atoms with van der Waals surface area (Å²) < 4.78 is 2.91. The van der Waals surface area contributed by atoms with Crippen molar-refractivity contribution in [2.24, 2.45) is 0 Å². The highest BCUT2D eigenvalue weighted by atomic mass is 79.9. The summed E-state index contributed by atoms with van der Waals surface area (Å²) in [5.41, 5.74) is 2.46. The number of fused-ring (bicyclic) bond motifs is 1. The maximum atomic E-state index is 4.22. The van der Waals surface area contributed by atoms with Crippen molar-refractivity contribution in [3.63, 3.8) is 0 Å². The number of imidazole rings is 1. The van der Waals surface area contributed by atoms with Crippen LogP contribution in [-0.4, -0.2) is 22.5 Å². The lowest BCUT2D eigenvalue weighted by Gasteiger charge is -2.17. The van der Waals surface area contributed by atoms with E-state index >= 15 is 0 Å². The van der Waals surface area contributed by atoms with Gasteiger partial charge in [0, 0.05) is 25.0 Å². The number of halogens is 1. The van der Waals surface area contributed by atoms with Gasteiger partial charge in [-0.25, -0.2) is 4.98 Å².